The van der Waals surface area contributed by atoms with Gasteiger partial charge >= 0.3 is 0 Å². The van der Waals surface area contributed by atoms with Crippen LogP contribution in [0.15, 0.2) is 33.6 Å². The third-order valence-corrected chi connectivity index (χ3v) is 2.18. The molecule has 2 heterocycles. The Balaban J connectivity index is 2.24. The second-order valence-corrected chi connectivity index (χ2v) is 3.37. The van der Waals surface area contributed by atoms with Crippen LogP contribution in [0.1, 0.15) is 25.3 Å². The molecule has 1 unspecified atom stereocenters. The van der Waals surface area contributed by atoms with E-state index in [1.807, 2.05) is 12.1 Å². The third-order valence-electron chi connectivity index (χ3n) is 2.18. The molecule has 0 amide bonds. The predicted molar refractivity (Wildman–Crippen MR) is 58.7 cm³/mol. The van der Waals surface area contributed by atoms with Crippen molar-refractivity contribution in [3.63, 3.8) is 0 Å². The van der Waals surface area contributed by atoms with Gasteiger partial charge in [0.05, 0.1) is 5.56 Å². The summed E-state index contributed by atoms with van der Waals surface area (Å²) in [6, 6.07) is 3.67. The molecule has 5 nitrogen and oxygen atoms in total. The molecule has 2 rings (SSSR count). The molecule has 78 valence electrons. The van der Waals surface area contributed by atoms with Gasteiger partial charge in [0.2, 0.25) is 0 Å². The van der Waals surface area contributed by atoms with Crippen molar-refractivity contribution in [2.24, 2.45) is 15.2 Å². The first-order valence-corrected chi connectivity index (χ1v) is 5.00. The highest BCUT2D eigenvalue weighted by Gasteiger charge is 2.16. The van der Waals surface area contributed by atoms with E-state index in [1.54, 1.807) is 6.20 Å². The smallest absolute Gasteiger partial charge is 0.182 e. The quantitative estimate of drug-likeness (QED) is 0.815. The number of nitrogens with two attached hydrogens (primary N) is 1. The summed E-state index contributed by atoms with van der Waals surface area (Å²) in [6.45, 7) is 2.10. The first-order chi connectivity index (χ1) is 7.31. The van der Waals surface area contributed by atoms with Crippen LogP contribution in [-0.4, -0.2) is 17.0 Å². The van der Waals surface area contributed by atoms with E-state index in [2.05, 4.69) is 27.1 Å². The lowest BCUT2D eigenvalue weighted by molar-refractivity contribution is 0.629. The summed E-state index contributed by atoms with van der Waals surface area (Å²) >= 11 is 0. The normalized spacial score (nSPS) is 19.3. The maximum atomic E-state index is 5.73. The number of nitrogen functional groups attached to an aromatic ring is 1. The molecule has 1 aromatic heterocycles. The van der Waals surface area contributed by atoms with Crippen LogP contribution >= 0.6 is 0 Å². The summed E-state index contributed by atoms with van der Waals surface area (Å²) in [4.78, 5) is 8.36. The number of azo groups is 1. The van der Waals surface area contributed by atoms with E-state index in [4.69, 9.17) is 5.73 Å². The van der Waals surface area contributed by atoms with Gasteiger partial charge in [0.15, 0.2) is 12.0 Å². The number of hydrogen-bond donors (Lipinski definition) is 1. The minimum absolute atomic E-state index is 0.0374. The molecular formula is C10H13N5. The van der Waals surface area contributed by atoms with Crippen LogP contribution in [0.4, 0.5) is 5.82 Å². The fraction of sp³-hybridized carbons (Fsp3) is 0.400. The van der Waals surface area contributed by atoms with Gasteiger partial charge in [-0.25, -0.2) is 9.98 Å². The van der Waals surface area contributed by atoms with Gasteiger partial charge in [0.25, 0.3) is 0 Å². The van der Waals surface area contributed by atoms with E-state index >= 15 is 0 Å². The van der Waals surface area contributed by atoms with Gasteiger partial charge in [-0.15, -0.1) is 5.11 Å². The van der Waals surface area contributed by atoms with E-state index in [-0.39, 0.29) is 6.17 Å². The van der Waals surface area contributed by atoms with E-state index in [1.165, 1.54) is 0 Å². The van der Waals surface area contributed by atoms with Crippen LogP contribution in [0, 0.1) is 0 Å². The molecular weight excluding hydrogens is 190 g/mol. The zero-order valence-electron chi connectivity index (χ0n) is 8.59. The van der Waals surface area contributed by atoms with Crippen LogP contribution in [0.5, 0.6) is 0 Å². The monoisotopic (exact) mass is 203 g/mol. The molecule has 1 atom stereocenters. The number of aromatic nitrogens is 1. The third kappa shape index (κ3) is 2.01. The predicted octanol–water partition coefficient (Wildman–Crippen LogP) is 2.00. The van der Waals surface area contributed by atoms with Crippen molar-refractivity contribution in [1.29, 1.82) is 0 Å². The molecule has 0 aromatic carbocycles. The number of amidine groups is 1. The molecule has 1 aliphatic heterocycles. The lowest BCUT2D eigenvalue weighted by Crippen LogP contribution is -2.03. The summed E-state index contributed by atoms with van der Waals surface area (Å²) in [5.74, 6) is 1.05. The fourth-order valence-electron chi connectivity index (χ4n) is 1.42. The van der Waals surface area contributed by atoms with Crippen molar-refractivity contribution in [2.75, 3.05) is 5.73 Å². The van der Waals surface area contributed by atoms with Crippen LogP contribution in [0.3, 0.4) is 0 Å². The minimum atomic E-state index is -0.0374. The summed E-state index contributed by atoms with van der Waals surface area (Å²) in [5, 5.41) is 8.08. The molecule has 0 radical (unpaired) electrons. The Morgan fingerprint density at radius 2 is 2.33 bits per heavy atom. The zero-order valence-corrected chi connectivity index (χ0v) is 8.59. The van der Waals surface area contributed by atoms with Crippen molar-refractivity contribution in [1.82, 2.24) is 4.98 Å². The maximum Gasteiger partial charge on any atom is 0.182 e. The molecule has 2 N–H and O–H groups in total. The van der Waals surface area contributed by atoms with Crippen molar-refractivity contribution in [3.05, 3.63) is 23.9 Å². The van der Waals surface area contributed by atoms with Crippen LogP contribution < -0.4 is 5.73 Å². The second kappa shape index (κ2) is 4.16. The zero-order chi connectivity index (χ0) is 10.7. The summed E-state index contributed by atoms with van der Waals surface area (Å²) in [6.07, 6.45) is 3.58. The van der Waals surface area contributed by atoms with Crippen molar-refractivity contribution < 1.29 is 0 Å². The number of hydrogen-bond acceptors (Lipinski definition) is 5. The topological polar surface area (TPSA) is 76.0 Å². The number of aliphatic imine (C=N–C) groups is 1. The number of anilines is 1. The van der Waals surface area contributed by atoms with Gasteiger partial charge in [-0.2, -0.15) is 5.11 Å². The van der Waals surface area contributed by atoms with Gasteiger partial charge in [-0.1, -0.05) is 13.3 Å². The molecule has 15 heavy (non-hydrogen) atoms. The van der Waals surface area contributed by atoms with Gasteiger partial charge in [-0.3, -0.25) is 0 Å². The van der Waals surface area contributed by atoms with Crippen LogP contribution in [0.2, 0.25) is 0 Å². The highest BCUT2D eigenvalue weighted by molar-refractivity contribution is 6.03. The Morgan fingerprint density at radius 3 is 3.07 bits per heavy atom. The van der Waals surface area contributed by atoms with Gasteiger partial charge in [-0.05, 0) is 18.6 Å². The summed E-state index contributed by atoms with van der Waals surface area (Å²) < 4.78 is 0. The Morgan fingerprint density at radius 1 is 1.47 bits per heavy atom. The van der Waals surface area contributed by atoms with E-state index in [0.717, 1.165) is 18.4 Å². The molecule has 0 aliphatic carbocycles. The Bertz CT molecular complexity index is 410. The van der Waals surface area contributed by atoms with Gasteiger partial charge < -0.3 is 5.73 Å². The molecule has 5 heteroatoms. The van der Waals surface area contributed by atoms with Crippen LogP contribution in [0.25, 0.3) is 0 Å². The van der Waals surface area contributed by atoms with Crippen molar-refractivity contribution in [2.45, 2.75) is 25.9 Å². The minimum Gasteiger partial charge on any atom is -0.383 e. The standard InChI is InChI=1S/C10H13N5/c1-2-4-8-13-10(15-14-8)7-5-3-6-12-9(7)11/h3,5-6,8H,2,4H2,1H3,(H2,11,12). The highest BCUT2D eigenvalue weighted by atomic mass is 15.3. The highest BCUT2D eigenvalue weighted by Crippen LogP contribution is 2.18. The lowest BCUT2D eigenvalue weighted by atomic mass is 10.2. The first kappa shape index (κ1) is 9.76. The van der Waals surface area contributed by atoms with E-state index in [9.17, 15) is 0 Å². The average Bonchev–Trinajstić information content (AvgIpc) is 2.68. The second-order valence-electron chi connectivity index (χ2n) is 3.37. The number of nitrogens with zero attached hydrogens (tertiary/aromatic N) is 4. The Hall–Kier alpha value is -1.78. The van der Waals surface area contributed by atoms with Crippen molar-refractivity contribution in [3.8, 4) is 0 Å². The molecule has 0 fully saturated rings. The Labute approximate surface area is 88.2 Å². The number of rotatable bonds is 3. The SMILES string of the molecule is CCCC1N=NC(c2cccnc2N)=N1. The average molecular weight is 203 g/mol. The Kier molecular flexibility index (Phi) is 2.71. The molecule has 0 saturated heterocycles. The van der Waals surface area contributed by atoms with Crippen molar-refractivity contribution >= 4 is 11.7 Å². The summed E-state index contributed by atoms with van der Waals surface area (Å²) in [7, 11) is 0. The van der Waals surface area contributed by atoms with E-state index in [0.29, 0.717) is 11.7 Å². The number of pyridine rings is 1. The lowest BCUT2D eigenvalue weighted by Gasteiger charge is -2.00. The largest absolute Gasteiger partial charge is 0.383 e. The maximum absolute atomic E-state index is 5.73. The molecule has 0 spiro atoms. The summed E-state index contributed by atoms with van der Waals surface area (Å²) in [5.41, 5.74) is 6.49. The molecule has 0 saturated carbocycles. The van der Waals surface area contributed by atoms with Gasteiger partial charge in [0.1, 0.15) is 5.82 Å². The van der Waals surface area contributed by atoms with Gasteiger partial charge in [0, 0.05) is 6.20 Å². The van der Waals surface area contributed by atoms with E-state index < -0.39 is 0 Å². The molecule has 1 aliphatic rings. The fourth-order valence-corrected chi connectivity index (χ4v) is 1.42. The van der Waals surface area contributed by atoms with Crippen LogP contribution in [-0.2, 0) is 0 Å². The molecule has 1 aromatic rings. The first-order valence-electron chi connectivity index (χ1n) is 5.00. The molecule has 0 bridgehead atoms.